The molecule has 0 saturated heterocycles. The van der Waals surface area contributed by atoms with E-state index in [1.807, 2.05) is 26.0 Å². The van der Waals surface area contributed by atoms with E-state index in [1.165, 1.54) is 24.3 Å². The third-order valence-corrected chi connectivity index (χ3v) is 5.74. The fourth-order valence-electron chi connectivity index (χ4n) is 4.19. The fourth-order valence-corrected chi connectivity index (χ4v) is 4.19. The topological polar surface area (TPSA) is 65.4 Å². The second kappa shape index (κ2) is 9.07. The Hall–Kier alpha value is -4.27. The van der Waals surface area contributed by atoms with Gasteiger partial charge in [-0.15, -0.1) is 0 Å². The molecule has 36 heavy (non-hydrogen) atoms. The average Bonchev–Trinajstić information content (AvgIpc) is 3.39. The minimum Gasteiger partial charge on any atom is -0.487 e. The molecule has 0 bridgehead atoms. The summed E-state index contributed by atoms with van der Waals surface area (Å²) in [4.78, 5) is 13.1. The number of amides is 1. The van der Waals surface area contributed by atoms with Crippen LogP contribution in [0.15, 0.2) is 72.9 Å². The summed E-state index contributed by atoms with van der Waals surface area (Å²) in [6, 6.07) is 16.6. The fraction of sp³-hybridized carbons (Fsp3) is 0.185. The molecule has 0 aliphatic carbocycles. The maximum absolute atomic E-state index is 13.5. The summed E-state index contributed by atoms with van der Waals surface area (Å²) in [6.45, 7) is 1.06. The molecule has 0 saturated carbocycles. The molecular weight excluding hydrogens is 471 g/mol. The predicted octanol–water partition coefficient (Wildman–Crippen LogP) is 6.75. The quantitative estimate of drug-likeness (QED) is 0.334. The van der Waals surface area contributed by atoms with Crippen LogP contribution in [0.5, 0.6) is 11.5 Å². The van der Waals surface area contributed by atoms with Gasteiger partial charge in [0.15, 0.2) is 0 Å². The Morgan fingerprint density at radius 1 is 1.06 bits per heavy atom. The molecule has 5 rings (SSSR count). The van der Waals surface area contributed by atoms with Crippen molar-refractivity contribution >= 4 is 11.7 Å². The molecule has 0 radical (unpaired) electrons. The highest BCUT2D eigenvalue weighted by Gasteiger charge is 2.30. The molecule has 9 heteroatoms. The van der Waals surface area contributed by atoms with Crippen molar-refractivity contribution < 1.29 is 27.4 Å². The molecule has 6 nitrogen and oxygen atoms in total. The third kappa shape index (κ3) is 4.91. The Labute approximate surface area is 205 Å². The highest BCUT2D eigenvalue weighted by atomic mass is 19.3. The van der Waals surface area contributed by atoms with Crippen molar-refractivity contribution in [1.82, 2.24) is 9.78 Å². The number of nitrogens with zero attached hydrogens (tertiary/aromatic N) is 2. The zero-order chi connectivity index (χ0) is 25.4. The number of ether oxygens (including phenoxy) is 2. The first kappa shape index (κ1) is 23.5. The van der Waals surface area contributed by atoms with Gasteiger partial charge in [0.05, 0.1) is 0 Å². The summed E-state index contributed by atoms with van der Waals surface area (Å²) in [6.07, 6.45) is 2.26. The number of carbonyl (C=O) groups excluding carboxylic acids is 1. The van der Waals surface area contributed by atoms with Crippen LogP contribution < -0.4 is 14.8 Å². The molecule has 2 heterocycles. The number of rotatable bonds is 5. The van der Waals surface area contributed by atoms with E-state index in [0.29, 0.717) is 28.1 Å². The van der Waals surface area contributed by atoms with Crippen LogP contribution >= 0.6 is 0 Å². The van der Waals surface area contributed by atoms with E-state index in [4.69, 9.17) is 4.74 Å². The Morgan fingerprint density at radius 2 is 1.75 bits per heavy atom. The number of alkyl halides is 2. The minimum atomic E-state index is -2.94. The van der Waals surface area contributed by atoms with E-state index in [9.17, 15) is 18.0 Å². The first-order valence-corrected chi connectivity index (χ1v) is 11.2. The van der Waals surface area contributed by atoms with Gasteiger partial charge >= 0.3 is 12.6 Å². The standard InChI is InChI=1S/C27H22F3N3O3/c1-27(2)14-18-13-20(9-12-23(18)36-27)31-26(34)33-15-22(16-3-7-19(28)8-4-16)24(32-33)17-5-10-21(11-6-17)35-25(29)30/h3-13,15,25H,14H2,1-2H3,(H,31,34). The van der Waals surface area contributed by atoms with Gasteiger partial charge < -0.3 is 14.8 Å². The van der Waals surface area contributed by atoms with Crippen molar-refractivity contribution in [3.63, 3.8) is 0 Å². The van der Waals surface area contributed by atoms with Crippen LogP contribution in [-0.4, -0.2) is 28.0 Å². The summed E-state index contributed by atoms with van der Waals surface area (Å²) in [5.74, 6) is 0.387. The molecule has 0 unspecified atom stereocenters. The van der Waals surface area contributed by atoms with Crippen molar-refractivity contribution in [2.24, 2.45) is 0 Å². The molecule has 0 atom stereocenters. The van der Waals surface area contributed by atoms with Crippen molar-refractivity contribution in [2.45, 2.75) is 32.5 Å². The number of benzene rings is 3. The Kier molecular flexibility index (Phi) is 5.91. The molecule has 1 aliphatic heterocycles. The van der Waals surface area contributed by atoms with E-state index in [1.54, 1.807) is 36.5 Å². The van der Waals surface area contributed by atoms with Crippen LogP contribution in [0.2, 0.25) is 0 Å². The van der Waals surface area contributed by atoms with Crippen molar-refractivity contribution in [1.29, 1.82) is 0 Å². The van der Waals surface area contributed by atoms with Crippen LogP contribution in [-0.2, 0) is 6.42 Å². The molecule has 1 amide bonds. The summed E-state index contributed by atoms with van der Waals surface area (Å²) in [5, 5.41) is 7.30. The molecule has 4 aromatic rings. The maximum Gasteiger partial charge on any atom is 0.387 e. The second-order valence-corrected chi connectivity index (χ2v) is 9.04. The highest BCUT2D eigenvalue weighted by Crippen LogP contribution is 2.36. The van der Waals surface area contributed by atoms with Crippen molar-refractivity contribution in [3.8, 4) is 33.9 Å². The number of aromatic nitrogens is 2. The smallest absolute Gasteiger partial charge is 0.387 e. The first-order valence-electron chi connectivity index (χ1n) is 11.2. The number of fused-ring (bicyclic) bond motifs is 1. The summed E-state index contributed by atoms with van der Waals surface area (Å²) in [5.41, 5.74) is 3.48. The lowest BCUT2D eigenvalue weighted by Crippen LogP contribution is -2.24. The molecule has 0 spiro atoms. The molecule has 1 aromatic heterocycles. The van der Waals surface area contributed by atoms with Crippen LogP contribution in [0, 0.1) is 5.82 Å². The zero-order valence-corrected chi connectivity index (χ0v) is 19.5. The molecule has 184 valence electrons. The summed E-state index contributed by atoms with van der Waals surface area (Å²) >= 11 is 0. The van der Waals surface area contributed by atoms with E-state index in [2.05, 4.69) is 15.2 Å². The number of nitrogens with one attached hydrogen (secondary N) is 1. The van der Waals surface area contributed by atoms with Gasteiger partial charge in [-0.25, -0.2) is 9.18 Å². The summed E-state index contributed by atoms with van der Waals surface area (Å²) in [7, 11) is 0. The minimum absolute atomic E-state index is 0.00183. The predicted molar refractivity (Wildman–Crippen MR) is 129 cm³/mol. The molecule has 1 N–H and O–H groups in total. The largest absolute Gasteiger partial charge is 0.487 e. The Balaban J connectivity index is 1.46. The Bertz CT molecular complexity index is 1410. The maximum atomic E-state index is 13.5. The van der Waals surface area contributed by atoms with Gasteiger partial charge in [-0.3, -0.25) is 0 Å². The monoisotopic (exact) mass is 493 g/mol. The first-order chi connectivity index (χ1) is 17.2. The number of anilines is 1. The lowest BCUT2D eigenvalue weighted by molar-refractivity contribution is -0.0498. The molecular formula is C27H22F3N3O3. The molecule has 3 aromatic carbocycles. The molecule has 0 fully saturated rings. The average molecular weight is 493 g/mol. The van der Waals surface area contributed by atoms with Crippen LogP contribution in [0.4, 0.5) is 23.7 Å². The van der Waals surface area contributed by atoms with Crippen molar-refractivity contribution in [3.05, 3.63) is 84.3 Å². The van der Waals surface area contributed by atoms with Crippen molar-refractivity contribution in [2.75, 3.05) is 5.32 Å². The van der Waals surface area contributed by atoms with Gasteiger partial charge in [0.1, 0.15) is 28.6 Å². The summed E-state index contributed by atoms with van der Waals surface area (Å²) < 4.78 is 50.0. The number of hydrogen-bond donors (Lipinski definition) is 1. The van der Waals surface area contributed by atoms with E-state index in [0.717, 1.165) is 22.4 Å². The normalized spacial score (nSPS) is 13.8. The lowest BCUT2D eigenvalue weighted by atomic mass is 10.0. The zero-order valence-electron chi connectivity index (χ0n) is 19.5. The van der Waals surface area contributed by atoms with Crippen LogP contribution in [0.25, 0.3) is 22.4 Å². The number of halogens is 3. The van der Waals surface area contributed by atoms with E-state index < -0.39 is 18.5 Å². The number of carbonyl (C=O) groups is 1. The van der Waals surface area contributed by atoms with Gasteiger partial charge in [0.25, 0.3) is 0 Å². The van der Waals surface area contributed by atoms with E-state index in [-0.39, 0.29) is 11.4 Å². The van der Waals surface area contributed by atoms with E-state index >= 15 is 0 Å². The highest BCUT2D eigenvalue weighted by molar-refractivity contribution is 5.93. The van der Waals surface area contributed by atoms with Gasteiger partial charge in [-0.2, -0.15) is 18.6 Å². The number of hydrogen-bond acceptors (Lipinski definition) is 4. The van der Waals surface area contributed by atoms with Gasteiger partial charge in [-0.05, 0) is 74.0 Å². The SMILES string of the molecule is CC1(C)Cc2cc(NC(=O)n3cc(-c4ccc(F)cc4)c(-c4ccc(OC(F)F)cc4)n3)ccc2O1. The molecule has 1 aliphatic rings. The van der Waals surface area contributed by atoms with Crippen LogP contribution in [0.1, 0.15) is 19.4 Å². The second-order valence-electron chi connectivity index (χ2n) is 9.04. The third-order valence-electron chi connectivity index (χ3n) is 5.74. The van der Waals surface area contributed by atoms with Gasteiger partial charge in [0.2, 0.25) is 0 Å². The van der Waals surface area contributed by atoms with Gasteiger partial charge in [-0.1, -0.05) is 12.1 Å². The van der Waals surface area contributed by atoms with Gasteiger partial charge in [0, 0.05) is 35.0 Å². The Morgan fingerprint density at radius 3 is 2.44 bits per heavy atom. The van der Waals surface area contributed by atoms with Crippen LogP contribution in [0.3, 0.4) is 0 Å². The lowest BCUT2D eigenvalue weighted by Gasteiger charge is -2.16.